The Morgan fingerprint density at radius 1 is 1.30 bits per heavy atom. The van der Waals surface area contributed by atoms with Crippen molar-refractivity contribution in [1.82, 2.24) is 5.32 Å². The lowest BCUT2D eigenvalue weighted by Gasteiger charge is -2.37. The van der Waals surface area contributed by atoms with Crippen LogP contribution in [0.5, 0.6) is 0 Å². The molecule has 1 saturated carbocycles. The zero-order valence-corrected chi connectivity index (χ0v) is 14.2. The first kappa shape index (κ1) is 15.4. The molecular formula is C15H21IN2O2. The van der Waals surface area contributed by atoms with Crippen molar-refractivity contribution in [1.29, 1.82) is 0 Å². The van der Waals surface area contributed by atoms with E-state index in [1.807, 2.05) is 26.8 Å². The number of hydrogen-bond donors (Lipinski definition) is 2. The molecule has 0 bridgehead atoms. The Kier molecular flexibility index (Phi) is 4.78. The van der Waals surface area contributed by atoms with Gasteiger partial charge in [0.25, 0.3) is 0 Å². The Labute approximate surface area is 133 Å². The fraction of sp³-hybridized carbons (Fsp3) is 0.533. The Morgan fingerprint density at radius 2 is 2.00 bits per heavy atom. The van der Waals surface area contributed by atoms with Crippen LogP contribution in [0.3, 0.4) is 0 Å². The Bertz CT molecular complexity index is 479. The molecule has 0 aliphatic heterocycles. The summed E-state index contributed by atoms with van der Waals surface area (Å²) in [4.78, 5) is 11.6. The van der Waals surface area contributed by atoms with Crippen LogP contribution in [0.4, 0.5) is 10.5 Å². The molecule has 1 aliphatic rings. The maximum atomic E-state index is 11.6. The summed E-state index contributed by atoms with van der Waals surface area (Å²) in [6.45, 7) is 5.61. The van der Waals surface area contributed by atoms with E-state index in [9.17, 15) is 4.79 Å². The average molecular weight is 388 g/mol. The summed E-state index contributed by atoms with van der Waals surface area (Å²) >= 11 is 2.30. The summed E-state index contributed by atoms with van der Waals surface area (Å²) in [6.07, 6.45) is 1.55. The number of hydrogen-bond acceptors (Lipinski definition) is 3. The molecule has 0 saturated heterocycles. The second-order valence-electron chi connectivity index (χ2n) is 6.17. The minimum absolute atomic E-state index is 0.213. The first-order chi connectivity index (χ1) is 9.32. The lowest BCUT2D eigenvalue weighted by Crippen LogP contribution is -2.50. The SMILES string of the molecule is CC(C)(C)OC(=O)NC1CC(Nc2cccc(I)c2)C1. The molecule has 0 atom stereocenters. The van der Waals surface area contributed by atoms with Gasteiger partial charge in [-0.25, -0.2) is 4.79 Å². The standard InChI is InChI=1S/C15H21IN2O2/c1-15(2,3)20-14(19)18-13-8-12(9-13)17-11-6-4-5-10(16)7-11/h4-7,12-13,17H,8-9H2,1-3H3,(H,18,19). The highest BCUT2D eigenvalue weighted by atomic mass is 127. The first-order valence-corrected chi connectivity index (χ1v) is 7.91. The van der Waals surface area contributed by atoms with E-state index in [0.29, 0.717) is 6.04 Å². The number of rotatable bonds is 3. The average Bonchev–Trinajstić information content (AvgIpc) is 2.23. The van der Waals surface area contributed by atoms with Gasteiger partial charge in [0.15, 0.2) is 0 Å². The van der Waals surface area contributed by atoms with Crippen LogP contribution >= 0.6 is 22.6 Å². The third-order valence-electron chi connectivity index (χ3n) is 3.05. The number of anilines is 1. The molecule has 0 unspecified atom stereocenters. The van der Waals surface area contributed by atoms with Crippen molar-refractivity contribution in [3.63, 3.8) is 0 Å². The number of halogens is 1. The molecule has 1 aromatic rings. The van der Waals surface area contributed by atoms with E-state index in [0.717, 1.165) is 18.5 Å². The fourth-order valence-electron chi connectivity index (χ4n) is 2.14. The van der Waals surface area contributed by atoms with Gasteiger partial charge in [-0.1, -0.05) is 6.07 Å². The van der Waals surface area contributed by atoms with Crippen LogP contribution in [0.15, 0.2) is 24.3 Å². The summed E-state index contributed by atoms with van der Waals surface area (Å²) in [5.74, 6) is 0. The largest absolute Gasteiger partial charge is 0.444 e. The van der Waals surface area contributed by atoms with Crippen LogP contribution in [0.1, 0.15) is 33.6 Å². The van der Waals surface area contributed by atoms with E-state index in [4.69, 9.17) is 4.74 Å². The van der Waals surface area contributed by atoms with Gasteiger partial charge >= 0.3 is 6.09 Å². The molecule has 110 valence electrons. The van der Waals surface area contributed by atoms with Crippen LogP contribution in [0.2, 0.25) is 0 Å². The van der Waals surface area contributed by atoms with Crippen molar-refractivity contribution < 1.29 is 9.53 Å². The van der Waals surface area contributed by atoms with Gasteiger partial charge in [0.2, 0.25) is 0 Å². The van der Waals surface area contributed by atoms with E-state index < -0.39 is 5.60 Å². The quantitative estimate of drug-likeness (QED) is 0.776. The van der Waals surface area contributed by atoms with Crippen molar-refractivity contribution in [3.8, 4) is 0 Å². The molecule has 20 heavy (non-hydrogen) atoms. The summed E-state index contributed by atoms with van der Waals surface area (Å²) in [6, 6.07) is 8.93. The monoisotopic (exact) mass is 388 g/mol. The predicted octanol–water partition coefficient (Wildman–Crippen LogP) is 3.76. The van der Waals surface area contributed by atoms with Crippen LogP contribution in [0, 0.1) is 3.57 Å². The number of carbonyl (C=O) groups is 1. The van der Waals surface area contributed by atoms with Gasteiger partial charge in [0.1, 0.15) is 5.60 Å². The van der Waals surface area contributed by atoms with E-state index in [-0.39, 0.29) is 12.1 Å². The highest BCUT2D eigenvalue weighted by Crippen LogP contribution is 2.25. The van der Waals surface area contributed by atoms with Crippen LogP contribution < -0.4 is 10.6 Å². The summed E-state index contributed by atoms with van der Waals surface area (Å²) in [5, 5.41) is 6.37. The molecule has 5 heteroatoms. The number of alkyl carbamates (subject to hydrolysis) is 1. The highest BCUT2D eigenvalue weighted by molar-refractivity contribution is 14.1. The maximum Gasteiger partial charge on any atom is 0.407 e. The van der Waals surface area contributed by atoms with Gasteiger partial charge in [0, 0.05) is 21.3 Å². The molecule has 1 aromatic carbocycles. The Balaban J connectivity index is 1.71. The predicted molar refractivity (Wildman–Crippen MR) is 89.0 cm³/mol. The molecule has 2 rings (SSSR count). The van der Waals surface area contributed by atoms with Gasteiger partial charge in [-0.2, -0.15) is 0 Å². The molecule has 1 fully saturated rings. The smallest absolute Gasteiger partial charge is 0.407 e. The molecule has 0 aromatic heterocycles. The number of carbonyl (C=O) groups excluding carboxylic acids is 1. The second-order valence-corrected chi connectivity index (χ2v) is 7.41. The minimum atomic E-state index is -0.438. The van der Waals surface area contributed by atoms with Crippen LogP contribution in [-0.2, 0) is 4.74 Å². The summed E-state index contributed by atoms with van der Waals surface area (Å²) in [7, 11) is 0. The molecule has 1 aliphatic carbocycles. The molecule has 0 heterocycles. The normalized spacial score (nSPS) is 21.8. The minimum Gasteiger partial charge on any atom is -0.444 e. The lowest BCUT2D eigenvalue weighted by molar-refractivity contribution is 0.0475. The van der Waals surface area contributed by atoms with Crippen molar-refractivity contribution in [2.45, 2.75) is 51.3 Å². The van der Waals surface area contributed by atoms with Gasteiger partial charge in [0.05, 0.1) is 0 Å². The first-order valence-electron chi connectivity index (χ1n) is 6.83. The number of amides is 1. The van der Waals surface area contributed by atoms with E-state index in [1.165, 1.54) is 3.57 Å². The fourth-order valence-corrected chi connectivity index (χ4v) is 2.68. The Hall–Kier alpha value is -0.980. The Morgan fingerprint density at radius 3 is 2.60 bits per heavy atom. The van der Waals surface area contributed by atoms with E-state index >= 15 is 0 Å². The van der Waals surface area contributed by atoms with Crippen molar-refractivity contribution in [3.05, 3.63) is 27.8 Å². The highest BCUT2D eigenvalue weighted by Gasteiger charge is 2.31. The van der Waals surface area contributed by atoms with Crippen molar-refractivity contribution in [2.24, 2.45) is 0 Å². The van der Waals surface area contributed by atoms with Crippen LogP contribution in [0.25, 0.3) is 0 Å². The molecule has 4 nitrogen and oxygen atoms in total. The number of benzene rings is 1. The summed E-state index contributed by atoms with van der Waals surface area (Å²) in [5.41, 5.74) is 0.698. The van der Waals surface area contributed by atoms with Gasteiger partial charge in [-0.3, -0.25) is 0 Å². The summed E-state index contributed by atoms with van der Waals surface area (Å²) < 4.78 is 6.46. The zero-order valence-electron chi connectivity index (χ0n) is 12.1. The number of ether oxygens (including phenoxy) is 1. The second kappa shape index (κ2) is 6.20. The van der Waals surface area contributed by atoms with E-state index in [1.54, 1.807) is 0 Å². The van der Waals surface area contributed by atoms with Gasteiger partial charge in [-0.05, 0) is 74.4 Å². The molecule has 1 amide bonds. The molecular weight excluding hydrogens is 367 g/mol. The van der Waals surface area contributed by atoms with Gasteiger partial charge in [-0.15, -0.1) is 0 Å². The third-order valence-corrected chi connectivity index (χ3v) is 3.73. The van der Waals surface area contributed by atoms with Crippen molar-refractivity contribution in [2.75, 3.05) is 5.32 Å². The maximum absolute atomic E-state index is 11.6. The zero-order chi connectivity index (χ0) is 14.8. The third kappa shape index (κ3) is 4.85. The van der Waals surface area contributed by atoms with E-state index in [2.05, 4.69) is 51.4 Å². The topological polar surface area (TPSA) is 50.4 Å². The number of nitrogens with one attached hydrogen (secondary N) is 2. The molecule has 0 spiro atoms. The van der Waals surface area contributed by atoms with Crippen molar-refractivity contribution >= 4 is 34.4 Å². The van der Waals surface area contributed by atoms with Crippen LogP contribution in [-0.4, -0.2) is 23.8 Å². The molecule has 2 N–H and O–H groups in total. The molecule has 0 radical (unpaired) electrons. The lowest BCUT2D eigenvalue weighted by atomic mass is 9.86. The van der Waals surface area contributed by atoms with Gasteiger partial charge < -0.3 is 15.4 Å².